The molecule has 0 aliphatic carbocycles. The van der Waals surface area contributed by atoms with Gasteiger partial charge in [-0.1, -0.05) is 48.0 Å². The number of nitrogens with zero attached hydrogens (tertiary/aromatic N) is 2. The molecule has 102 valence electrons. The summed E-state index contributed by atoms with van der Waals surface area (Å²) in [6.07, 6.45) is 0. The largest absolute Gasteiger partial charge is 0.370 e. The predicted octanol–water partition coefficient (Wildman–Crippen LogP) is 4.13. The number of hydrogen-bond acceptors (Lipinski definition) is 2. The summed E-state index contributed by atoms with van der Waals surface area (Å²) in [5.74, 6) is -0.0996. The number of hydrogen-bond donors (Lipinski definition) is 0. The topological polar surface area (TPSA) is 27.0 Å². The molecule has 0 bridgehead atoms. The molecule has 2 nitrogen and oxygen atoms in total. The molecule has 0 saturated carbocycles. The van der Waals surface area contributed by atoms with Crippen LogP contribution in [0.4, 0.5) is 5.69 Å². The molecule has 0 spiro atoms. The van der Waals surface area contributed by atoms with Crippen molar-refractivity contribution in [3.8, 4) is 6.07 Å². The third-order valence-electron chi connectivity index (χ3n) is 3.54. The molecule has 1 atom stereocenters. The molecular weight excluding hydrogens is 244 g/mol. The molecule has 0 heterocycles. The number of likely N-dealkylation sites (N-methyl/N-ethyl adjacent to an activating group) is 1. The Kier molecular flexibility index (Phi) is 4.79. The maximum atomic E-state index is 9.44. The SMILES string of the molecule is CCN(CC(C#N)c1ccccc1)c1ccc(C)cc1. The fraction of sp³-hybridized carbons (Fsp3) is 0.278. The summed E-state index contributed by atoms with van der Waals surface area (Å²) in [5.41, 5.74) is 3.51. The molecule has 0 radical (unpaired) electrons. The van der Waals surface area contributed by atoms with Crippen molar-refractivity contribution in [2.24, 2.45) is 0 Å². The van der Waals surface area contributed by atoms with Gasteiger partial charge < -0.3 is 4.90 Å². The fourth-order valence-corrected chi connectivity index (χ4v) is 2.30. The van der Waals surface area contributed by atoms with Crippen molar-refractivity contribution in [2.75, 3.05) is 18.0 Å². The van der Waals surface area contributed by atoms with E-state index in [1.165, 1.54) is 11.3 Å². The van der Waals surface area contributed by atoms with Crippen LogP contribution >= 0.6 is 0 Å². The summed E-state index contributed by atoms with van der Waals surface area (Å²) in [4.78, 5) is 2.25. The van der Waals surface area contributed by atoms with Gasteiger partial charge in [-0.2, -0.15) is 5.26 Å². The number of benzene rings is 2. The van der Waals surface area contributed by atoms with Gasteiger partial charge in [-0.3, -0.25) is 0 Å². The Morgan fingerprint density at radius 1 is 1.05 bits per heavy atom. The highest BCUT2D eigenvalue weighted by molar-refractivity contribution is 5.48. The molecule has 0 fully saturated rings. The van der Waals surface area contributed by atoms with Gasteiger partial charge in [0.05, 0.1) is 12.0 Å². The van der Waals surface area contributed by atoms with Crippen molar-refractivity contribution in [3.05, 3.63) is 65.7 Å². The van der Waals surface area contributed by atoms with Gasteiger partial charge >= 0.3 is 0 Å². The van der Waals surface area contributed by atoms with Crippen LogP contribution in [0.25, 0.3) is 0 Å². The van der Waals surface area contributed by atoms with E-state index < -0.39 is 0 Å². The standard InChI is InChI=1S/C18H20N2/c1-3-20(18-11-9-15(2)10-12-18)14-17(13-19)16-7-5-4-6-8-16/h4-12,17H,3,14H2,1-2H3. The van der Waals surface area contributed by atoms with Crippen LogP contribution in [-0.4, -0.2) is 13.1 Å². The van der Waals surface area contributed by atoms with Crippen molar-refractivity contribution < 1.29 is 0 Å². The number of anilines is 1. The first kappa shape index (κ1) is 14.1. The van der Waals surface area contributed by atoms with E-state index in [0.29, 0.717) is 0 Å². The molecule has 2 aromatic carbocycles. The lowest BCUT2D eigenvalue weighted by molar-refractivity contribution is 0.756. The molecule has 0 aliphatic heterocycles. The molecule has 0 aliphatic rings. The van der Waals surface area contributed by atoms with E-state index in [1.807, 2.05) is 30.3 Å². The second-order valence-corrected chi connectivity index (χ2v) is 4.97. The summed E-state index contributed by atoms with van der Waals surface area (Å²) in [7, 11) is 0. The highest BCUT2D eigenvalue weighted by atomic mass is 15.1. The van der Waals surface area contributed by atoms with Crippen LogP contribution in [0, 0.1) is 18.3 Å². The van der Waals surface area contributed by atoms with E-state index in [-0.39, 0.29) is 5.92 Å². The number of nitriles is 1. The van der Waals surface area contributed by atoms with E-state index in [2.05, 4.69) is 49.1 Å². The van der Waals surface area contributed by atoms with E-state index >= 15 is 0 Å². The van der Waals surface area contributed by atoms with Crippen molar-refractivity contribution in [1.29, 1.82) is 5.26 Å². The van der Waals surface area contributed by atoms with E-state index in [9.17, 15) is 5.26 Å². The molecule has 0 saturated heterocycles. The van der Waals surface area contributed by atoms with Crippen molar-refractivity contribution >= 4 is 5.69 Å². The van der Waals surface area contributed by atoms with Crippen LogP contribution in [0.2, 0.25) is 0 Å². The molecule has 20 heavy (non-hydrogen) atoms. The lowest BCUT2D eigenvalue weighted by atomic mass is 10.00. The zero-order chi connectivity index (χ0) is 14.4. The first-order valence-corrected chi connectivity index (χ1v) is 7.00. The Morgan fingerprint density at radius 3 is 2.25 bits per heavy atom. The molecule has 2 heteroatoms. The first-order valence-electron chi connectivity index (χ1n) is 7.00. The maximum absolute atomic E-state index is 9.44. The Morgan fingerprint density at radius 2 is 1.70 bits per heavy atom. The second kappa shape index (κ2) is 6.77. The normalized spacial score (nSPS) is 11.7. The number of aryl methyl sites for hydroxylation is 1. The molecular formula is C18H20N2. The minimum Gasteiger partial charge on any atom is -0.370 e. The summed E-state index contributed by atoms with van der Waals surface area (Å²) < 4.78 is 0. The maximum Gasteiger partial charge on any atom is 0.0887 e. The summed E-state index contributed by atoms with van der Waals surface area (Å²) in [6.45, 7) is 5.83. The van der Waals surface area contributed by atoms with Crippen LogP contribution in [0.15, 0.2) is 54.6 Å². The smallest absolute Gasteiger partial charge is 0.0887 e. The molecule has 1 unspecified atom stereocenters. The number of rotatable bonds is 5. The van der Waals surface area contributed by atoms with Crippen molar-refractivity contribution in [1.82, 2.24) is 0 Å². The van der Waals surface area contributed by atoms with Gasteiger partial charge in [0.1, 0.15) is 0 Å². The summed E-state index contributed by atoms with van der Waals surface area (Å²) in [6, 6.07) is 20.9. The molecule has 2 aromatic rings. The average molecular weight is 264 g/mol. The monoisotopic (exact) mass is 264 g/mol. The lowest BCUT2D eigenvalue weighted by Gasteiger charge is -2.25. The lowest BCUT2D eigenvalue weighted by Crippen LogP contribution is -2.27. The summed E-state index contributed by atoms with van der Waals surface area (Å²) in [5, 5.41) is 9.44. The van der Waals surface area contributed by atoms with Gasteiger partial charge in [-0.25, -0.2) is 0 Å². The highest BCUT2D eigenvalue weighted by Gasteiger charge is 2.15. The van der Waals surface area contributed by atoms with Crippen LogP contribution < -0.4 is 4.90 Å². The van der Waals surface area contributed by atoms with Gasteiger partial charge in [0.25, 0.3) is 0 Å². The Balaban J connectivity index is 2.17. The van der Waals surface area contributed by atoms with Crippen LogP contribution in [0.5, 0.6) is 0 Å². The predicted molar refractivity (Wildman–Crippen MR) is 83.9 cm³/mol. The van der Waals surface area contributed by atoms with Crippen LogP contribution in [-0.2, 0) is 0 Å². The minimum absolute atomic E-state index is 0.0996. The summed E-state index contributed by atoms with van der Waals surface area (Å²) >= 11 is 0. The van der Waals surface area contributed by atoms with Gasteiger partial charge in [-0.05, 0) is 31.5 Å². The van der Waals surface area contributed by atoms with E-state index in [1.54, 1.807) is 0 Å². The Hall–Kier alpha value is -2.27. The second-order valence-electron chi connectivity index (χ2n) is 4.97. The van der Waals surface area contributed by atoms with Gasteiger partial charge in [0, 0.05) is 18.8 Å². The minimum atomic E-state index is -0.0996. The van der Waals surface area contributed by atoms with Gasteiger partial charge in [0.15, 0.2) is 0 Å². The van der Waals surface area contributed by atoms with Crippen molar-refractivity contribution in [2.45, 2.75) is 19.8 Å². The van der Waals surface area contributed by atoms with Gasteiger partial charge in [-0.15, -0.1) is 0 Å². The van der Waals surface area contributed by atoms with Crippen molar-refractivity contribution in [3.63, 3.8) is 0 Å². The molecule has 0 aromatic heterocycles. The Bertz CT molecular complexity index is 567. The third kappa shape index (κ3) is 3.39. The quantitative estimate of drug-likeness (QED) is 0.812. The van der Waals surface area contributed by atoms with E-state index in [4.69, 9.17) is 0 Å². The molecule has 2 rings (SSSR count). The van der Waals surface area contributed by atoms with E-state index in [0.717, 1.165) is 18.7 Å². The fourth-order valence-electron chi connectivity index (χ4n) is 2.30. The molecule has 0 amide bonds. The molecule has 0 N–H and O–H groups in total. The van der Waals surface area contributed by atoms with Gasteiger partial charge in [0.2, 0.25) is 0 Å². The average Bonchev–Trinajstić information content (AvgIpc) is 2.51. The third-order valence-corrected chi connectivity index (χ3v) is 3.54. The first-order chi connectivity index (χ1) is 9.74. The van der Waals surface area contributed by atoms with Crippen LogP contribution in [0.3, 0.4) is 0 Å². The van der Waals surface area contributed by atoms with Crippen LogP contribution in [0.1, 0.15) is 24.0 Å². The zero-order valence-electron chi connectivity index (χ0n) is 12.1. The highest BCUT2D eigenvalue weighted by Crippen LogP contribution is 2.21. The zero-order valence-corrected chi connectivity index (χ0v) is 12.1. The Labute approximate surface area is 121 Å².